The molecule has 0 radical (unpaired) electrons. The van der Waals surface area contributed by atoms with Crippen LogP contribution in [0.25, 0.3) is 0 Å². The van der Waals surface area contributed by atoms with E-state index in [0.717, 1.165) is 17.1 Å². The second kappa shape index (κ2) is 5.10. The fraction of sp³-hybridized carbons (Fsp3) is 0.143. The number of carbonyl (C=O) groups excluding carboxylic acids is 1. The van der Waals surface area contributed by atoms with Gasteiger partial charge in [0.25, 0.3) is 0 Å². The molecule has 1 aromatic carbocycles. The molecule has 106 valence electrons. The predicted molar refractivity (Wildman–Crippen MR) is 84.7 cm³/mol. The molecule has 0 unspecified atom stereocenters. The Hall–Kier alpha value is -2.54. The summed E-state index contributed by atoms with van der Waals surface area (Å²) >= 11 is 4.97. The van der Waals surface area contributed by atoms with Crippen molar-refractivity contribution in [2.75, 3.05) is 16.8 Å². The molecule has 3 N–H and O–H groups in total. The zero-order chi connectivity index (χ0) is 15.0. The molecule has 0 saturated carbocycles. The molecule has 0 spiro atoms. The molecule has 2 heterocycles. The molecule has 1 aromatic heterocycles. The quantitative estimate of drug-likeness (QED) is 0.818. The first-order valence-corrected chi connectivity index (χ1v) is 6.77. The van der Waals surface area contributed by atoms with Crippen molar-refractivity contribution in [3.63, 3.8) is 0 Å². The van der Waals surface area contributed by atoms with Gasteiger partial charge in [-0.05, 0) is 25.1 Å². The van der Waals surface area contributed by atoms with Crippen molar-refractivity contribution in [3.05, 3.63) is 41.7 Å². The van der Waals surface area contributed by atoms with E-state index in [-0.39, 0.29) is 17.4 Å². The summed E-state index contributed by atoms with van der Waals surface area (Å²) in [5, 5.41) is 2.82. The van der Waals surface area contributed by atoms with Gasteiger partial charge in [-0.25, -0.2) is 9.97 Å². The highest BCUT2D eigenvalue weighted by atomic mass is 32.1. The van der Waals surface area contributed by atoms with Crippen LogP contribution in [-0.4, -0.2) is 27.4 Å². The number of para-hydroxylation sites is 2. The van der Waals surface area contributed by atoms with Gasteiger partial charge >= 0.3 is 0 Å². The lowest BCUT2D eigenvalue weighted by Crippen LogP contribution is -2.36. The third-order valence-corrected chi connectivity index (χ3v) is 3.32. The number of rotatable bonds is 2. The summed E-state index contributed by atoms with van der Waals surface area (Å²) in [4.78, 5) is 22.6. The average Bonchev–Trinajstić information content (AvgIpc) is 2.45. The topological polar surface area (TPSA) is 84.1 Å². The van der Waals surface area contributed by atoms with E-state index in [1.807, 2.05) is 31.2 Å². The third-order valence-electron chi connectivity index (χ3n) is 3.11. The highest BCUT2D eigenvalue weighted by molar-refractivity contribution is 7.80. The van der Waals surface area contributed by atoms with Gasteiger partial charge in [-0.1, -0.05) is 24.4 Å². The Labute approximate surface area is 127 Å². The van der Waals surface area contributed by atoms with Gasteiger partial charge in [-0.15, -0.1) is 0 Å². The van der Waals surface area contributed by atoms with E-state index in [1.165, 1.54) is 0 Å². The van der Waals surface area contributed by atoms with E-state index in [9.17, 15) is 4.79 Å². The van der Waals surface area contributed by atoms with Gasteiger partial charge < -0.3 is 11.1 Å². The maximum Gasteiger partial charge on any atom is 0.244 e. The summed E-state index contributed by atoms with van der Waals surface area (Å²) in [6.45, 7) is 1.99. The standard InChI is InChI=1S/C14H13N5OS/c1-8-6-10(13(15)21)18-14(16-8)19-7-12(20)17-9-4-2-3-5-11(9)19/h2-6H,7H2,1H3,(H2,15,21)(H,17,20). The maximum atomic E-state index is 11.9. The van der Waals surface area contributed by atoms with Crippen LogP contribution >= 0.6 is 12.2 Å². The van der Waals surface area contributed by atoms with Crippen LogP contribution in [0.5, 0.6) is 0 Å². The number of amides is 1. The van der Waals surface area contributed by atoms with Gasteiger partial charge in [0, 0.05) is 5.69 Å². The van der Waals surface area contributed by atoms with Gasteiger partial charge in [-0.2, -0.15) is 0 Å². The molecule has 1 aliphatic rings. The summed E-state index contributed by atoms with van der Waals surface area (Å²) in [7, 11) is 0. The van der Waals surface area contributed by atoms with E-state index < -0.39 is 0 Å². The summed E-state index contributed by atoms with van der Waals surface area (Å²) in [5.41, 5.74) is 8.46. The minimum Gasteiger partial charge on any atom is -0.388 e. The van der Waals surface area contributed by atoms with Crippen LogP contribution in [-0.2, 0) is 4.79 Å². The summed E-state index contributed by atoms with van der Waals surface area (Å²) in [6, 6.07) is 9.22. The number of aryl methyl sites for hydroxylation is 1. The molecule has 1 amide bonds. The predicted octanol–water partition coefficient (Wildman–Crippen LogP) is 1.51. The third kappa shape index (κ3) is 2.55. The minimum atomic E-state index is -0.115. The highest BCUT2D eigenvalue weighted by Gasteiger charge is 2.25. The van der Waals surface area contributed by atoms with Crippen LogP contribution in [0.2, 0.25) is 0 Å². The van der Waals surface area contributed by atoms with Crippen molar-refractivity contribution in [2.45, 2.75) is 6.92 Å². The SMILES string of the molecule is Cc1cc(C(N)=S)nc(N2CC(=O)Nc3ccccc32)n1. The molecule has 0 aliphatic carbocycles. The van der Waals surface area contributed by atoms with Crippen LogP contribution in [0.4, 0.5) is 17.3 Å². The normalized spacial score (nSPS) is 13.6. The van der Waals surface area contributed by atoms with E-state index >= 15 is 0 Å². The number of hydrogen-bond acceptors (Lipinski definition) is 5. The van der Waals surface area contributed by atoms with Crippen molar-refractivity contribution < 1.29 is 4.79 Å². The van der Waals surface area contributed by atoms with Crippen LogP contribution in [0.1, 0.15) is 11.4 Å². The second-order valence-electron chi connectivity index (χ2n) is 4.71. The number of carbonyl (C=O) groups is 1. The van der Waals surface area contributed by atoms with Gasteiger partial charge in [0.15, 0.2) is 0 Å². The molecule has 6 nitrogen and oxygen atoms in total. The van der Waals surface area contributed by atoms with Gasteiger partial charge in [-0.3, -0.25) is 9.69 Å². The fourth-order valence-electron chi connectivity index (χ4n) is 2.21. The number of thiocarbonyl (C=S) groups is 1. The number of aromatic nitrogens is 2. The lowest BCUT2D eigenvalue weighted by molar-refractivity contribution is -0.115. The Morgan fingerprint density at radius 1 is 1.38 bits per heavy atom. The van der Waals surface area contributed by atoms with E-state index in [4.69, 9.17) is 18.0 Å². The van der Waals surface area contributed by atoms with Crippen LogP contribution < -0.4 is 16.0 Å². The Morgan fingerprint density at radius 3 is 2.90 bits per heavy atom. The molecular weight excluding hydrogens is 286 g/mol. The Kier molecular flexibility index (Phi) is 3.26. The van der Waals surface area contributed by atoms with Crippen LogP contribution in [0, 0.1) is 6.92 Å². The average molecular weight is 299 g/mol. The smallest absolute Gasteiger partial charge is 0.244 e. The molecule has 0 fully saturated rings. The number of anilines is 3. The van der Waals surface area contributed by atoms with Crippen LogP contribution in [0.3, 0.4) is 0 Å². The van der Waals surface area contributed by atoms with Crippen molar-refractivity contribution >= 4 is 40.4 Å². The van der Waals surface area contributed by atoms with E-state index in [0.29, 0.717) is 11.6 Å². The monoisotopic (exact) mass is 299 g/mol. The first kappa shape index (κ1) is 13.4. The molecule has 3 rings (SSSR count). The number of nitrogens with zero attached hydrogens (tertiary/aromatic N) is 3. The summed E-state index contributed by atoms with van der Waals surface area (Å²) < 4.78 is 0. The van der Waals surface area contributed by atoms with Crippen molar-refractivity contribution in [1.82, 2.24) is 9.97 Å². The number of nitrogens with one attached hydrogen (secondary N) is 1. The fourth-order valence-corrected chi connectivity index (χ4v) is 2.32. The first-order valence-electron chi connectivity index (χ1n) is 6.36. The largest absolute Gasteiger partial charge is 0.388 e. The molecule has 21 heavy (non-hydrogen) atoms. The molecule has 2 aromatic rings. The van der Waals surface area contributed by atoms with E-state index in [2.05, 4.69) is 15.3 Å². The van der Waals surface area contributed by atoms with Crippen molar-refractivity contribution in [1.29, 1.82) is 0 Å². The summed E-state index contributed by atoms with van der Waals surface area (Å²) in [6.07, 6.45) is 0. The highest BCUT2D eigenvalue weighted by Crippen LogP contribution is 2.33. The first-order chi connectivity index (χ1) is 10.0. The Bertz CT molecular complexity index is 746. The second-order valence-corrected chi connectivity index (χ2v) is 5.15. The van der Waals surface area contributed by atoms with E-state index in [1.54, 1.807) is 11.0 Å². The molecule has 0 saturated heterocycles. The number of fused-ring (bicyclic) bond motifs is 1. The lowest BCUT2D eigenvalue weighted by atomic mass is 10.2. The molecule has 7 heteroatoms. The van der Waals surface area contributed by atoms with Crippen molar-refractivity contribution in [3.8, 4) is 0 Å². The minimum absolute atomic E-state index is 0.115. The van der Waals surface area contributed by atoms with Gasteiger partial charge in [0.2, 0.25) is 11.9 Å². The molecule has 0 bridgehead atoms. The number of nitrogens with two attached hydrogens (primary N) is 1. The zero-order valence-electron chi connectivity index (χ0n) is 11.3. The maximum absolute atomic E-state index is 11.9. The Balaban J connectivity index is 2.12. The van der Waals surface area contributed by atoms with Crippen LogP contribution in [0.15, 0.2) is 30.3 Å². The Morgan fingerprint density at radius 2 is 2.14 bits per heavy atom. The van der Waals surface area contributed by atoms with Gasteiger partial charge in [0.1, 0.15) is 17.2 Å². The zero-order valence-corrected chi connectivity index (χ0v) is 12.1. The molecule has 0 atom stereocenters. The molecule has 1 aliphatic heterocycles. The van der Waals surface area contributed by atoms with Crippen molar-refractivity contribution in [2.24, 2.45) is 5.73 Å². The van der Waals surface area contributed by atoms with Gasteiger partial charge in [0.05, 0.1) is 11.4 Å². The molecular formula is C14H13N5OS. The lowest BCUT2D eigenvalue weighted by Gasteiger charge is -2.29. The number of hydrogen-bond donors (Lipinski definition) is 2. The summed E-state index contributed by atoms with van der Waals surface area (Å²) in [5.74, 6) is 0.302. The number of benzene rings is 1.